The highest BCUT2D eigenvalue weighted by Gasteiger charge is 2.09. The third kappa shape index (κ3) is 4.25. The van der Waals surface area contributed by atoms with Crippen LogP contribution in [-0.4, -0.2) is 33.2 Å². The van der Waals surface area contributed by atoms with Gasteiger partial charge in [-0.25, -0.2) is 0 Å². The molecule has 0 bridgehead atoms. The molecular weight excluding hydrogens is 230 g/mol. The molecule has 0 aliphatic rings. The number of nitrogens with two attached hydrogens (primary N) is 1. The van der Waals surface area contributed by atoms with E-state index in [0.29, 0.717) is 11.3 Å². The van der Waals surface area contributed by atoms with Crippen molar-refractivity contribution in [2.75, 3.05) is 38.4 Å². The van der Waals surface area contributed by atoms with E-state index in [2.05, 4.69) is 10.6 Å². The quantitative estimate of drug-likeness (QED) is 0.506. The minimum absolute atomic E-state index is 0.116. The van der Waals surface area contributed by atoms with Gasteiger partial charge in [-0.05, 0) is 31.0 Å². The molecule has 0 unspecified atom stereocenters. The summed E-state index contributed by atoms with van der Waals surface area (Å²) in [5.41, 5.74) is 7.75. The normalized spacial score (nSPS) is 10.1. The molecule has 0 saturated carbocycles. The molecule has 5 nitrogen and oxygen atoms in total. The van der Waals surface area contributed by atoms with Crippen molar-refractivity contribution in [1.82, 2.24) is 5.32 Å². The van der Waals surface area contributed by atoms with Crippen molar-refractivity contribution in [3.63, 3.8) is 0 Å². The molecule has 0 aliphatic carbocycles. The van der Waals surface area contributed by atoms with E-state index >= 15 is 0 Å². The van der Waals surface area contributed by atoms with E-state index in [9.17, 15) is 4.79 Å². The van der Waals surface area contributed by atoms with Gasteiger partial charge in [0.05, 0.1) is 5.56 Å². The fourth-order valence-electron chi connectivity index (χ4n) is 1.64. The molecule has 0 fully saturated rings. The number of rotatable bonds is 7. The third-order valence-electron chi connectivity index (χ3n) is 2.61. The lowest BCUT2D eigenvalue weighted by Gasteiger charge is -2.12. The number of hydrogen-bond acceptors (Lipinski definition) is 4. The molecule has 0 aliphatic heterocycles. The second-order valence-electron chi connectivity index (χ2n) is 4.01. The van der Waals surface area contributed by atoms with E-state index in [1.54, 1.807) is 32.4 Å². The van der Waals surface area contributed by atoms with Gasteiger partial charge in [-0.1, -0.05) is 0 Å². The number of unbranched alkanes of at least 4 members (excludes halogenated alkanes) is 1. The van der Waals surface area contributed by atoms with Crippen LogP contribution in [0.5, 0.6) is 0 Å². The first kappa shape index (κ1) is 14.3. The Morgan fingerprint density at radius 2 is 2.17 bits per heavy atom. The van der Waals surface area contributed by atoms with Crippen LogP contribution >= 0.6 is 0 Å². The summed E-state index contributed by atoms with van der Waals surface area (Å²) < 4.78 is 4.98. The van der Waals surface area contributed by atoms with E-state index in [-0.39, 0.29) is 5.91 Å². The van der Waals surface area contributed by atoms with E-state index in [1.165, 1.54) is 0 Å². The molecule has 18 heavy (non-hydrogen) atoms. The first-order valence-corrected chi connectivity index (χ1v) is 6.03. The molecule has 0 aromatic heterocycles. The largest absolute Gasteiger partial charge is 0.399 e. The summed E-state index contributed by atoms with van der Waals surface area (Å²) in [5.74, 6) is -0.116. The van der Waals surface area contributed by atoms with Crippen molar-refractivity contribution in [2.45, 2.75) is 12.8 Å². The lowest BCUT2D eigenvalue weighted by Crippen LogP contribution is -2.20. The van der Waals surface area contributed by atoms with Gasteiger partial charge in [0.2, 0.25) is 0 Å². The number of carbonyl (C=O) groups excluding carboxylic acids is 1. The van der Waals surface area contributed by atoms with Gasteiger partial charge in [0.1, 0.15) is 0 Å². The van der Waals surface area contributed by atoms with Crippen LogP contribution in [-0.2, 0) is 4.74 Å². The smallest absolute Gasteiger partial charge is 0.253 e. The number of anilines is 2. The summed E-state index contributed by atoms with van der Waals surface area (Å²) in [4.78, 5) is 11.7. The molecule has 0 radical (unpaired) electrons. The predicted octanol–water partition coefficient (Wildman–Crippen LogP) is 1.47. The second-order valence-corrected chi connectivity index (χ2v) is 4.01. The van der Waals surface area contributed by atoms with E-state index in [0.717, 1.165) is 31.7 Å². The van der Waals surface area contributed by atoms with E-state index < -0.39 is 0 Å². The standard InChI is InChI=1S/C13H21N3O2/c1-15-13(17)11-6-5-10(14)9-12(11)16-7-3-4-8-18-2/h5-6,9,16H,3-4,7-8,14H2,1-2H3,(H,15,17). The Bertz CT molecular complexity index is 394. The molecule has 4 N–H and O–H groups in total. The topological polar surface area (TPSA) is 76.4 Å². The summed E-state index contributed by atoms with van der Waals surface area (Å²) in [7, 11) is 3.30. The molecule has 0 spiro atoms. The molecule has 0 atom stereocenters. The van der Waals surface area contributed by atoms with Crippen molar-refractivity contribution < 1.29 is 9.53 Å². The zero-order valence-corrected chi connectivity index (χ0v) is 11.0. The van der Waals surface area contributed by atoms with E-state index in [4.69, 9.17) is 10.5 Å². The highest BCUT2D eigenvalue weighted by Crippen LogP contribution is 2.19. The summed E-state index contributed by atoms with van der Waals surface area (Å²) in [6, 6.07) is 5.23. The number of nitrogens with one attached hydrogen (secondary N) is 2. The summed E-state index contributed by atoms with van der Waals surface area (Å²) in [5, 5.41) is 5.84. The molecular formula is C13H21N3O2. The first-order valence-electron chi connectivity index (χ1n) is 6.03. The van der Waals surface area contributed by atoms with E-state index in [1.807, 2.05) is 0 Å². The molecule has 0 heterocycles. The molecule has 100 valence electrons. The number of ether oxygens (including phenoxy) is 1. The SMILES string of the molecule is CNC(=O)c1ccc(N)cc1NCCCCOC. The van der Waals surface area contributed by atoms with Crippen molar-refractivity contribution in [3.05, 3.63) is 23.8 Å². The molecule has 1 rings (SSSR count). The summed E-state index contributed by atoms with van der Waals surface area (Å²) in [6.45, 7) is 1.54. The molecule has 5 heteroatoms. The van der Waals surface area contributed by atoms with Crippen LogP contribution in [0.1, 0.15) is 23.2 Å². The summed E-state index contributed by atoms with van der Waals surface area (Å²) >= 11 is 0. The fourth-order valence-corrected chi connectivity index (χ4v) is 1.64. The Morgan fingerprint density at radius 1 is 1.39 bits per heavy atom. The highest BCUT2D eigenvalue weighted by molar-refractivity contribution is 6.00. The van der Waals surface area contributed by atoms with Gasteiger partial charge < -0.3 is 21.1 Å². The van der Waals surface area contributed by atoms with Gasteiger partial charge in [0.15, 0.2) is 0 Å². The van der Waals surface area contributed by atoms with Crippen LogP contribution in [0.2, 0.25) is 0 Å². The first-order chi connectivity index (χ1) is 8.69. The van der Waals surface area contributed by atoms with Gasteiger partial charge >= 0.3 is 0 Å². The number of methoxy groups -OCH3 is 1. The van der Waals surface area contributed by atoms with Crippen molar-refractivity contribution in [3.8, 4) is 0 Å². The number of hydrogen-bond donors (Lipinski definition) is 3. The van der Waals surface area contributed by atoms with Crippen LogP contribution < -0.4 is 16.4 Å². The molecule has 1 aromatic rings. The van der Waals surface area contributed by atoms with Gasteiger partial charge in [-0.2, -0.15) is 0 Å². The Labute approximate surface area is 108 Å². The highest BCUT2D eigenvalue weighted by atomic mass is 16.5. The predicted molar refractivity (Wildman–Crippen MR) is 73.8 cm³/mol. The van der Waals surface area contributed by atoms with Crippen LogP contribution in [0.15, 0.2) is 18.2 Å². The maximum Gasteiger partial charge on any atom is 0.253 e. The molecule has 0 saturated heterocycles. The van der Waals surface area contributed by atoms with Crippen molar-refractivity contribution in [1.29, 1.82) is 0 Å². The Morgan fingerprint density at radius 3 is 2.83 bits per heavy atom. The number of amides is 1. The molecule has 1 amide bonds. The zero-order valence-electron chi connectivity index (χ0n) is 11.0. The number of carbonyl (C=O) groups is 1. The molecule has 1 aromatic carbocycles. The van der Waals surface area contributed by atoms with Gasteiger partial charge in [-0.3, -0.25) is 4.79 Å². The van der Waals surface area contributed by atoms with Gasteiger partial charge in [0, 0.05) is 38.7 Å². The van der Waals surface area contributed by atoms with Crippen LogP contribution in [0.3, 0.4) is 0 Å². The Hall–Kier alpha value is -1.75. The van der Waals surface area contributed by atoms with Crippen LogP contribution in [0.4, 0.5) is 11.4 Å². The Kier molecular flexibility index (Phi) is 6.00. The summed E-state index contributed by atoms with van der Waals surface area (Å²) in [6.07, 6.45) is 1.97. The average molecular weight is 251 g/mol. The lowest BCUT2D eigenvalue weighted by molar-refractivity contribution is 0.0964. The van der Waals surface area contributed by atoms with Crippen LogP contribution in [0.25, 0.3) is 0 Å². The Balaban J connectivity index is 2.62. The van der Waals surface area contributed by atoms with Gasteiger partial charge in [-0.15, -0.1) is 0 Å². The zero-order chi connectivity index (χ0) is 13.4. The monoisotopic (exact) mass is 251 g/mol. The number of nitrogen functional groups attached to an aromatic ring is 1. The number of benzene rings is 1. The maximum absolute atomic E-state index is 11.7. The fraction of sp³-hybridized carbons (Fsp3) is 0.462. The lowest BCUT2D eigenvalue weighted by atomic mass is 10.1. The average Bonchev–Trinajstić information content (AvgIpc) is 2.38. The minimum atomic E-state index is -0.116. The third-order valence-corrected chi connectivity index (χ3v) is 2.61. The van der Waals surface area contributed by atoms with Crippen molar-refractivity contribution in [2.24, 2.45) is 0 Å². The minimum Gasteiger partial charge on any atom is -0.399 e. The maximum atomic E-state index is 11.7. The second kappa shape index (κ2) is 7.55. The van der Waals surface area contributed by atoms with Crippen LogP contribution in [0, 0.1) is 0 Å². The van der Waals surface area contributed by atoms with Gasteiger partial charge in [0.25, 0.3) is 5.91 Å². The van der Waals surface area contributed by atoms with Crippen molar-refractivity contribution >= 4 is 17.3 Å².